The minimum Gasteiger partial charge on any atom is -0.481 e. The zero-order valence-electron chi connectivity index (χ0n) is 43.8. The van der Waals surface area contributed by atoms with Crippen LogP contribution in [0.1, 0.15) is 147 Å². The zero-order chi connectivity index (χ0) is 56.9. The lowest BCUT2D eigenvalue weighted by atomic mass is 10.0. The minimum absolute atomic E-state index is 0. The topological polar surface area (TPSA) is 488 Å². The predicted molar refractivity (Wildman–Crippen MR) is 272 cm³/mol. The predicted octanol–water partition coefficient (Wildman–Crippen LogP) is 1.69. The molecule has 4 aliphatic heterocycles. The summed E-state index contributed by atoms with van der Waals surface area (Å²) >= 11 is 0. The van der Waals surface area contributed by atoms with Gasteiger partial charge in [0.05, 0.1) is 19.2 Å². The van der Waals surface area contributed by atoms with Gasteiger partial charge in [-0.15, -0.1) is 14.5 Å². The number of nitrogens with one attached hydrogen (secondary N) is 1. The lowest BCUT2D eigenvalue weighted by molar-refractivity contribution is -0.143. The molecule has 4 saturated heterocycles. The molecule has 30 nitrogen and oxygen atoms in total. The van der Waals surface area contributed by atoms with Crippen molar-refractivity contribution >= 4 is 52.2 Å². The number of amides is 5. The first-order valence-electron chi connectivity index (χ1n) is 24.5. The van der Waals surface area contributed by atoms with Crippen molar-refractivity contribution in [3.8, 4) is 0 Å². The highest BCUT2D eigenvalue weighted by Gasteiger charge is 2.50. The van der Waals surface area contributed by atoms with E-state index in [1.54, 1.807) is 0 Å². The number of rotatable bonds is 22. The maximum absolute atomic E-state index is 12.3. The average molecular weight is 1110 g/mol. The van der Waals surface area contributed by atoms with Crippen LogP contribution in [0.4, 0.5) is 9.59 Å². The fourth-order valence-corrected chi connectivity index (χ4v) is 7.42. The van der Waals surface area contributed by atoms with Crippen molar-refractivity contribution in [1.29, 1.82) is 0 Å². The lowest BCUT2D eigenvalue weighted by Crippen LogP contribution is -2.44. The fraction of sp³-hybridized carbons (Fsp3) is 0.667. The van der Waals surface area contributed by atoms with Gasteiger partial charge in [-0.25, -0.2) is 20.2 Å². The van der Waals surface area contributed by atoms with Crippen LogP contribution in [-0.2, 0) is 61.3 Å². The van der Waals surface area contributed by atoms with E-state index in [1.165, 1.54) is 22.0 Å². The maximum atomic E-state index is 12.3. The first-order chi connectivity index (χ1) is 35.7. The van der Waals surface area contributed by atoms with E-state index in [-0.39, 0.29) is 42.4 Å². The number of benzene rings is 1. The quantitative estimate of drug-likeness (QED) is 0.0264. The summed E-state index contributed by atoms with van der Waals surface area (Å²) in [6.45, 7) is 8.04. The van der Waals surface area contributed by atoms with Crippen LogP contribution in [0.2, 0.25) is 0 Å². The second-order valence-electron chi connectivity index (χ2n) is 16.7. The van der Waals surface area contributed by atoms with E-state index in [4.69, 9.17) is 46.4 Å². The second-order valence-corrected chi connectivity index (χ2v) is 17.7. The molecule has 436 valence electrons. The zero-order valence-corrected chi connectivity index (χ0v) is 44.6. The van der Waals surface area contributed by atoms with Crippen LogP contribution >= 0.6 is 0 Å². The Morgan fingerprint density at radius 2 is 1.28 bits per heavy atom. The van der Waals surface area contributed by atoms with Crippen molar-refractivity contribution in [1.82, 2.24) is 35.5 Å². The first-order valence-corrected chi connectivity index (χ1v) is 25.9. The molecule has 5 amide bonds. The number of hydrogen-bond donors (Lipinski definition) is 10. The van der Waals surface area contributed by atoms with E-state index in [2.05, 4.69) is 36.3 Å². The molecule has 17 N–H and O–H groups in total. The summed E-state index contributed by atoms with van der Waals surface area (Å²) in [7, 11) is -3.34. The summed E-state index contributed by atoms with van der Waals surface area (Å²) in [4.78, 5) is 84.1. The Morgan fingerprint density at radius 1 is 0.750 bits per heavy atom. The van der Waals surface area contributed by atoms with E-state index < -0.39 is 52.5 Å². The molecule has 0 saturated carbocycles. The SMILES string of the molecule is CCCCC(=O)NN.CCCCC(=O)O.CCCCC(=O)OC.NCCCC(=O)O.NCCCc1nnc([C@@H]2CC[C@@H]3CN2C(=O)N3OS(=O)(=O)O)o1.NN.O.O=C(O)[C@@H]1CC[C@@H]2CN1C(=O)N2OCc1ccccc1. The van der Waals surface area contributed by atoms with Crippen LogP contribution in [0.25, 0.3) is 0 Å². The van der Waals surface area contributed by atoms with Crippen molar-refractivity contribution in [3.63, 3.8) is 0 Å². The highest BCUT2D eigenvalue weighted by molar-refractivity contribution is 7.80. The third kappa shape index (κ3) is 28.7. The Kier molecular flexibility index (Phi) is 38.9. The van der Waals surface area contributed by atoms with Gasteiger partial charge in [-0.3, -0.25) is 45.7 Å². The lowest BCUT2D eigenvalue weighted by Gasteiger charge is -2.27. The van der Waals surface area contributed by atoms with Gasteiger partial charge in [-0.1, -0.05) is 70.4 Å². The molecular formula is C45H82N12O18S. The summed E-state index contributed by atoms with van der Waals surface area (Å²) in [5.41, 5.74) is 13.5. The minimum atomic E-state index is -4.75. The van der Waals surface area contributed by atoms with Gasteiger partial charge in [0.15, 0.2) is 0 Å². The number of carbonyl (C=O) groups is 7. The van der Waals surface area contributed by atoms with E-state index >= 15 is 0 Å². The summed E-state index contributed by atoms with van der Waals surface area (Å²) in [6.07, 6.45) is 11.3. The number of nitrogens with two attached hydrogens (primary N) is 5. The molecule has 2 aromatic rings. The molecule has 76 heavy (non-hydrogen) atoms. The third-order valence-corrected chi connectivity index (χ3v) is 11.2. The molecule has 4 bridgehead atoms. The molecule has 1 aromatic heterocycles. The second kappa shape index (κ2) is 41.1. The molecule has 31 heteroatoms. The normalized spacial score (nSPS) is 17.6. The van der Waals surface area contributed by atoms with E-state index in [1.807, 2.05) is 51.1 Å². The van der Waals surface area contributed by atoms with E-state index in [0.717, 1.165) is 44.1 Å². The Balaban J connectivity index is 0. The number of carbonyl (C=O) groups excluding carboxylic acids is 4. The van der Waals surface area contributed by atoms with Gasteiger partial charge in [0, 0.05) is 45.2 Å². The van der Waals surface area contributed by atoms with Crippen LogP contribution in [-0.4, -0.2) is 157 Å². The Bertz CT molecular complexity index is 2060. The molecule has 0 unspecified atom stereocenters. The summed E-state index contributed by atoms with van der Waals surface area (Å²) in [5, 5.41) is 35.1. The van der Waals surface area contributed by atoms with Crippen LogP contribution in [0.3, 0.4) is 0 Å². The fourth-order valence-electron chi connectivity index (χ4n) is 7.03. The summed E-state index contributed by atoms with van der Waals surface area (Å²) in [6, 6.07) is 6.95. The molecule has 5 heterocycles. The number of ether oxygens (including phenoxy) is 1. The number of aliphatic carboxylic acids is 3. The number of hydroxylamine groups is 4. The molecule has 4 fully saturated rings. The van der Waals surface area contributed by atoms with Gasteiger partial charge in [-0.2, -0.15) is 18.5 Å². The Morgan fingerprint density at radius 3 is 1.78 bits per heavy atom. The molecule has 4 atom stereocenters. The van der Waals surface area contributed by atoms with Gasteiger partial charge in [0.25, 0.3) is 0 Å². The maximum Gasteiger partial charge on any atom is 0.418 e. The molecule has 6 rings (SSSR count). The number of urea groups is 2. The monoisotopic (exact) mass is 1110 g/mol. The molecule has 0 aliphatic carbocycles. The van der Waals surface area contributed by atoms with Gasteiger partial charge in [0.1, 0.15) is 18.7 Å². The smallest absolute Gasteiger partial charge is 0.418 e. The average Bonchev–Trinajstić information content (AvgIpc) is 4.04. The van der Waals surface area contributed by atoms with Crippen molar-refractivity contribution < 1.29 is 85.6 Å². The number of esters is 1. The first kappa shape index (κ1) is 71.9. The third-order valence-electron chi connectivity index (χ3n) is 10.9. The van der Waals surface area contributed by atoms with Crippen molar-refractivity contribution in [3.05, 3.63) is 47.7 Å². The van der Waals surface area contributed by atoms with Crippen molar-refractivity contribution in [2.75, 3.05) is 33.3 Å². The van der Waals surface area contributed by atoms with Crippen molar-refractivity contribution in [2.45, 2.75) is 161 Å². The largest absolute Gasteiger partial charge is 0.481 e. The van der Waals surface area contributed by atoms with Crippen LogP contribution in [0, 0.1) is 0 Å². The summed E-state index contributed by atoms with van der Waals surface area (Å²) < 4.78 is 44.8. The number of fused-ring (bicyclic) bond motifs is 4. The van der Waals surface area contributed by atoms with Gasteiger partial charge < -0.3 is 51.2 Å². The Hall–Kier alpha value is -6.16. The van der Waals surface area contributed by atoms with Gasteiger partial charge >= 0.3 is 46.3 Å². The number of carboxylic acid groups (broad SMARTS) is 3. The number of piperidine rings is 2. The molecular weight excluding hydrogens is 1030 g/mol. The number of hydrogen-bond acceptors (Lipinski definition) is 20. The van der Waals surface area contributed by atoms with Gasteiger partial charge in [-0.05, 0) is 76.4 Å². The Labute approximate surface area is 443 Å². The highest BCUT2D eigenvalue weighted by atomic mass is 32.3. The van der Waals surface area contributed by atoms with Crippen LogP contribution < -0.4 is 34.4 Å². The van der Waals surface area contributed by atoms with E-state index in [9.17, 15) is 42.0 Å². The highest BCUT2D eigenvalue weighted by Crippen LogP contribution is 2.38. The summed E-state index contributed by atoms with van der Waals surface area (Å²) in [5.74, 6) is 11.0. The standard InChI is InChI=1S/C14H16N2O4.C11H17N5O6S.C6H12O2.C5H12N2O.C5H10O2.C4H9NO2.H4N2.H2O/c17-13(18)12-7-6-11-8-15(12)14(19)16(11)20-9-10-4-2-1-3-5-10;12-5-1-2-9-13-14-10(21-9)8-4-3-7-6-15(8)11(17)16(7)22-23(18,19)20;1-3-4-5-6(7)8-2;1-2-3-4-5(8)7-6;1-2-3-4-5(6)7;5-3-1-2-4(6)7;1-2;/h1-5,11-12H,6-9H2,(H,17,18);7-8H,1-6,12H2,(H,18,19,20);3-5H2,1-2H3;2-4,6H2,1H3,(H,7,8);2-4H2,1H3,(H,6,7);1-3,5H2,(H,6,7);1-2H2;1H2/t11-,12+;7-,8+;;;;;;/m11....../s1. The number of unbranched alkanes of at least 4 members (excludes halogenated alkanes) is 3. The number of methoxy groups -OCH3 is 1. The number of nitrogens with zero attached hydrogens (tertiary/aromatic N) is 6. The van der Waals surface area contributed by atoms with Crippen molar-refractivity contribution in [2.24, 2.45) is 29.0 Å². The molecule has 0 radical (unpaired) electrons. The number of carboxylic acids is 3. The molecule has 4 aliphatic rings. The van der Waals surface area contributed by atoms with E-state index in [0.29, 0.717) is 107 Å². The molecule has 0 spiro atoms. The van der Waals surface area contributed by atoms with Gasteiger partial charge in [0.2, 0.25) is 17.7 Å². The number of hydrazine groups is 2. The van der Waals surface area contributed by atoms with Crippen LogP contribution in [0.15, 0.2) is 34.7 Å². The number of aromatic nitrogens is 2. The number of aryl methyl sites for hydroxylation is 1. The molecule has 1 aromatic carbocycles. The van der Waals surface area contributed by atoms with Crippen LogP contribution in [0.5, 0.6) is 0 Å².